The molecule has 0 atom stereocenters. The zero-order valence-electron chi connectivity index (χ0n) is 6.41. The molecule has 0 amide bonds. The SMILES string of the molecule is C1=C[C]2SSc3cccc(c32)C1. The van der Waals surface area contributed by atoms with Crippen molar-refractivity contribution >= 4 is 21.6 Å². The summed E-state index contributed by atoms with van der Waals surface area (Å²) in [5.41, 5.74) is 2.98. The maximum Gasteiger partial charge on any atom is 0.0940 e. The van der Waals surface area contributed by atoms with Gasteiger partial charge in [0, 0.05) is 4.90 Å². The van der Waals surface area contributed by atoms with Gasteiger partial charge in [-0.1, -0.05) is 45.9 Å². The highest BCUT2D eigenvalue weighted by atomic mass is 33.1. The minimum Gasteiger partial charge on any atom is -0.0823 e. The normalized spacial score (nSPS) is 19.7. The Balaban J connectivity index is 2.28. The quantitative estimate of drug-likeness (QED) is 0.576. The van der Waals surface area contributed by atoms with Gasteiger partial charge in [0.2, 0.25) is 0 Å². The molecule has 0 saturated heterocycles. The third kappa shape index (κ3) is 0.882. The lowest BCUT2D eigenvalue weighted by Crippen LogP contribution is -1.99. The largest absolute Gasteiger partial charge is 0.0940 e. The zero-order valence-corrected chi connectivity index (χ0v) is 8.04. The number of hydrogen-bond donors (Lipinski definition) is 0. The summed E-state index contributed by atoms with van der Waals surface area (Å²) in [6, 6.07) is 6.60. The van der Waals surface area contributed by atoms with Crippen LogP contribution in [0.1, 0.15) is 11.1 Å². The Morgan fingerprint density at radius 3 is 3.17 bits per heavy atom. The Morgan fingerprint density at radius 2 is 2.17 bits per heavy atom. The summed E-state index contributed by atoms with van der Waals surface area (Å²) in [6.07, 6.45) is 5.60. The average Bonchev–Trinajstić information content (AvgIpc) is 2.52. The molecule has 1 heterocycles. The van der Waals surface area contributed by atoms with Gasteiger partial charge in [-0.3, -0.25) is 0 Å². The fourth-order valence-corrected chi connectivity index (χ4v) is 4.18. The molecular formula is C10H7S2. The van der Waals surface area contributed by atoms with E-state index >= 15 is 0 Å². The zero-order chi connectivity index (χ0) is 7.97. The van der Waals surface area contributed by atoms with E-state index in [9.17, 15) is 0 Å². The Hall–Kier alpha value is -0.340. The molecule has 1 aliphatic heterocycles. The molecule has 1 radical (unpaired) electrons. The third-order valence-electron chi connectivity index (χ3n) is 2.19. The first-order valence-electron chi connectivity index (χ1n) is 3.95. The van der Waals surface area contributed by atoms with Crippen LogP contribution in [-0.2, 0) is 6.42 Å². The van der Waals surface area contributed by atoms with Crippen LogP contribution in [0.2, 0.25) is 0 Å². The van der Waals surface area contributed by atoms with Gasteiger partial charge >= 0.3 is 0 Å². The summed E-state index contributed by atoms with van der Waals surface area (Å²) in [5, 5.41) is 1.44. The van der Waals surface area contributed by atoms with Crippen molar-refractivity contribution in [1.29, 1.82) is 0 Å². The Labute approximate surface area is 79.8 Å². The van der Waals surface area contributed by atoms with Crippen LogP contribution in [0.5, 0.6) is 0 Å². The summed E-state index contributed by atoms with van der Waals surface area (Å²) < 4.78 is 0. The van der Waals surface area contributed by atoms with Crippen LogP contribution >= 0.6 is 21.6 Å². The van der Waals surface area contributed by atoms with Gasteiger partial charge in [-0.2, -0.15) is 0 Å². The van der Waals surface area contributed by atoms with E-state index in [0.29, 0.717) is 0 Å². The highest BCUT2D eigenvalue weighted by Crippen LogP contribution is 2.55. The van der Waals surface area contributed by atoms with E-state index in [1.807, 2.05) is 21.6 Å². The van der Waals surface area contributed by atoms with Crippen molar-refractivity contribution in [2.24, 2.45) is 0 Å². The van der Waals surface area contributed by atoms with E-state index in [4.69, 9.17) is 0 Å². The lowest BCUT2D eigenvalue weighted by molar-refractivity contribution is 1.14. The first-order chi connectivity index (χ1) is 5.95. The van der Waals surface area contributed by atoms with Crippen LogP contribution in [0.3, 0.4) is 0 Å². The van der Waals surface area contributed by atoms with Crippen molar-refractivity contribution in [3.05, 3.63) is 46.7 Å². The van der Waals surface area contributed by atoms with Crippen molar-refractivity contribution in [3.8, 4) is 0 Å². The summed E-state index contributed by atoms with van der Waals surface area (Å²) >= 11 is 0. The number of rotatable bonds is 0. The minimum absolute atomic E-state index is 1.10. The van der Waals surface area contributed by atoms with Crippen LogP contribution in [-0.4, -0.2) is 0 Å². The molecule has 0 unspecified atom stereocenters. The van der Waals surface area contributed by atoms with Crippen molar-refractivity contribution < 1.29 is 0 Å². The molecule has 0 saturated carbocycles. The van der Waals surface area contributed by atoms with Crippen LogP contribution in [0.15, 0.2) is 35.2 Å². The first-order valence-corrected chi connectivity index (χ1v) is 6.10. The molecule has 0 N–H and O–H groups in total. The molecule has 1 aromatic rings. The van der Waals surface area contributed by atoms with E-state index in [1.54, 1.807) is 0 Å². The monoisotopic (exact) mass is 191 g/mol. The Kier molecular flexibility index (Phi) is 1.52. The van der Waals surface area contributed by atoms with Gasteiger partial charge in [-0.15, -0.1) is 0 Å². The van der Waals surface area contributed by atoms with Gasteiger partial charge in [0.05, 0.1) is 5.25 Å². The molecule has 0 aromatic heterocycles. The molecule has 1 aromatic carbocycles. The predicted octanol–water partition coefficient (Wildman–Crippen LogP) is 3.43. The van der Waals surface area contributed by atoms with E-state index in [0.717, 1.165) is 6.42 Å². The van der Waals surface area contributed by atoms with Crippen LogP contribution in [0, 0.1) is 5.25 Å². The molecule has 1 aliphatic carbocycles. The van der Waals surface area contributed by atoms with Crippen LogP contribution in [0.25, 0.3) is 0 Å². The average molecular weight is 191 g/mol. The molecule has 0 fully saturated rings. The highest BCUT2D eigenvalue weighted by molar-refractivity contribution is 8.78. The maximum absolute atomic E-state index is 2.25. The first kappa shape index (κ1) is 7.10. The topological polar surface area (TPSA) is 0 Å². The number of allylic oxidation sites excluding steroid dienone is 1. The van der Waals surface area contributed by atoms with E-state index < -0.39 is 0 Å². The summed E-state index contributed by atoms with van der Waals surface area (Å²) in [6.45, 7) is 0. The second-order valence-corrected chi connectivity index (χ2v) is 5.14. The Morgan fingerprint density at radius 1 is 1.17 bits per heavy atom. The molecule has 59 valence electrons. The summed E-state index contributed by atoms with van der Waals surface area (Å²) in [4.78, 5) is 1.44. The van der Waals surface area contributed by atoms with Crippen molar-refractivity contribution in [2.75, 3.05) is 0 Å². The molecule has 2 aliphatic rings. The lowest BCUT2D eigenvalue weighted by atomic mass is 9.96. The van der Waals surface area contributed by atoms with Gasteiger partial charge in [-0.05, 0) is 23.6 Å². The second kappa shape index (κ2) is 2.57. The van der Waals surface area contributed by atoms with Gasteiger partial charge in [0.15, 0.2) is 0 Å². The number of hydrogen-bond acceptors (Lipinski definition) is 2. The van der Waals surface area contributed by atoms with Crippen molar-refractivity contribution in [1.82, 2.24) is 0 Å². The van der Waals surface area contributed by atoms with Gasteiger partial charge < -0.3 is 0 Å². The fraction of sp³-hybridized carbons (Fsp3) is 0.100. The molecular weight excluding hydrogens is 184 g/mol. The molecule has 0 nitrogen and oxygen atoms in total. The standard InChI is InChI=1S/C10H7S2/c1-3-7-4-2-6-9-10(7)8(5-1)11-12-9/h1-3,5-6H,4H2. The predicted molar refractivity (Wildman–Crippen MR) is 55.1 cm³/mol. The van der Waals surface area contributed by atoms with Gasteiger partial charge in [0.1, 0.15) is 0 Å². The van der Waals surface area contributed by atoms with E-state index in [1.165, 1.54) is 21.3 Å². The van der Waals surface area contributed by atoms with E-state index in [2.05, 4.69) is 30.4 Å². The third-order valence-corrected chi connectivity index (χ3v) is 4.64. The smallest absolute Gasteiger partial charge is 0.0823 e. The second-order valence-electron chi connectivity index (χ2n) is 2.93. The van der Waals surface area contributed by atoms with Crippen molar-refractivity contribution in [2.45, 2.75) is 11.3 Å². The van der Waals surface area contributed by atoms with Gasteiger partial charge in [0.25, 0.3) is 0 Å². The summed E-state index contributed by atoms with van der Waals surface area (Å²) in [7, 11) is 3.77. The minimum atomic E-state index is 1.10. The molecule has 3 rings (SSSR count). The fourth-order valence-electron chi connectivity index (χ4n) is 1.63. The van der Waals surface area contributed by atoms with Crippen LogP contribution in [0.4, 0.5) is 0 Å². The van der Waals surface area contributed by atoms with Crippen LogP contribution < -0.4 is 0 Å². The molecule has 12 heavy (non-hydrogen) atoms. The maximum atomic E-state index is 2.25. The summed E-state index contributed by atoms with van der Waals surface area (Å²) in [5.74, 6) is 0. The number of benzene rings is 1. The van der Waals surface area contributed by atoms with Gasteiger partial charge in [-0.25, -0.2) is 0 Å². The molecule has 2 heteroatoms. The van der Waals surface area contributed by atoms with Crippen molar-refractivity contribution in [3.63, 3.8) is 0 Å². The molecule has 0 bridgehead atoms. The highest BCUT2D eigenvalue weighted by Gasteiger charge is 2.27. The lowest BCUT2D eigenvalue weighted by Gasteiger charge is -2.13. The Bertz CT molecular complexity index is 355. The molecule has 0 spiro atoms. The van der Waals surface area contributed by atoms with E-state index in [-0.39, 0.29) is 0 Å².